The van der Waals surface area contributed by atoms with Crippen LogP contribution in [0.1, 0.15) is 18.9 Å². The van der Waals surface area contributed by atoms with Crippen LogP contribution in [0, 0.1) is 6.92 Å². The highest BCUT2D eigenvalue weighted by Crippen LogP contribution is 2.25. The van der Waals surface area contributed by atoms with Gasteiger partial charge in [-0.15, -0.1) is 0 Å². The first-order valence-corrected chi connectivity index (χ1v) is 5.02. The second-order valence-corrected chi connectivity index (χ2v) is 3.72. The zero-order valence-electron chi connectivity index (χ0n) is 9.80. The third-order valence-electron chi connectivity index (χ3n) is 2.15. The summed E-state index contributed by atoms with van der Waals surface area (Å²) in [5.41, 5.74) is 0.587. The molecular formula is C10H14F3N3O. The fourth-order valence-electron chi connectivity index (χ4n) is 1.42. The van der Waals surface area contributed by atoms with Gasteiger partial charge in [0.05, 0.1) is 19.1 Å². The van der Waals surface area contributed by atoms with E-state index in [1.54, 1.807) is 6.92 Å². The lowest BCUT2D eigenvalue weighted by Crippen LogP contribution is -2.24. The summed E-state index contributed by atoms with van der Waals surface area (Å²) in [7, 11) is 1.44. The van der Waals surface area contributed by atoms with E-state index in [0.717, 1.165) is 0 Å². The molecule has 0 radical (unpaired) electrons. The Morgan fingerprint density at radius 2 is 2.06 bits per heavy atom. The third-order valence-corrected chi connectivity index (χ3v) is 2.15. The standard InChI is InChI=1S/C10H14F3N3O/c1-6(4-10(11,12)13)16-8-7(2)9(17-3)15-5-14-8/h5-6H,4H2,1-3H3,(H,14,15,16). The molecule has 1 N–H and O–H groups in total. The van der Waals surface area contributed by atoms with Gasteiger partial charge >= 0.3 is 6.18 Å². The van der Waals surface area contributed by atoms with Crippen molar-refractivity contribution in [2.75, 3.05) is 12.4 Å². The number of halogens is 3. The summed E-state index contributed by atoms with van der Waals surface area (Å²) in [6, 6.07) is -0.756. The smallest absolute Gasteiger partial charge is 0.391 e. The summed E-state index contributed by atoms with van der Waals surface area (Å²) < 4.78 is 41.4. The fraction of sp³-hybridized carbons (Fsp3) is 0.600. The van der Waals surface area contributed by atoms with Gasteiger partial charge in [-0.2, -0.15) is 13.2 Å². The highest BCUT2D eigenvalue weighted by Gasteiger charge is 2.30. The number of aromatic nitrogens is 2. The highest BCUT2D eigenvalue weighted by molar-refractivity contribution is 5.48. The Labute approximate surface area is 97.2 Å². The Bertz CT molecular complexity index is 382. The van der Waals surface area contributed by atoms with E-state index in [9.17, 15) is 13.2 Å². The highest BCUT2D eigenvalue weighted by atomic mass is 19.4. The van der Waals surface area contributed by atoms with Crippen molar-refractivity contribution < 1.29 is 17.9 Å². The molecule has 0 amide bonds. The molecular weight excluding hydrogens is 235 g/mol. The molecule has 0 aliphatic carbocycles. The summed E-state index contributed by atoms with van der Waals surface area (Å²) in [6.07, 6.45) is -3.87. The van der Waals surface area contributed by atoms with Gasteiger partial charge in [0.25, 0.3) is 0 Å². The number of hydrogen-bond donors (Lipinski definition) is 1. The van der Waals surface area contributed by atoms with Crippen LogP contribution in [0.2, 0.25) is 0 Å². The molecule has 7 heteroatoms. The van der Waals surface area contributed by atoms with Crippen molar-refractivity contribution in [3.8, 4) is 5.88 Å². The van der Waals surface area contributed by atoms with Gasteiger partial charge in [0, 0.05) is 6.04 Å². The average molecular weight is 249 g/mol. The molecule has 1 aromatic rings. The Balaban J connectivity index is 2.75. The minimum absolute atomic E-state index is 0.349. The molecule has 1 rings (SSSR count). The number of methoxy groups -OCH3 is 1. The molecule has 0 fully saturated rings. The van der Waals surface area contributed by atoms with Gasteiger partial charge in [-0.1, -0.05) is 0 Å². The normalized spacial score (nSPS) is 13.3. The predicted molar refractivity (Wildman–Crippen MR) is 57.1 cm³/mol. The van der Waals surface area contributed by atoms with Gasteiger partial charge in [-0.05, 0) is 13.8 Å². The lowest BCUT2D eigenvalue weighted by molar-refractivity contribution is -0.136. The number of anilines is 1. The molecule has 0 aliphatic rings. The van der Waals surface area contributed by atoms with Gasteiger partial charge in [0.2, 0.25) is 5.88 Å². The maximum absolute atomic E-state index is 12.2. The zero-order chi connectivity index (χ0) is 13.1. The van der Waals surface area contributed by atoms with Crippen LogP contribution in [-0.4, -0.2) is 29.3 Å². The van der Waals surface area contributed by atoms with Crippen molar-refractivity contribution in [1.82, 2.24) is 9.97 Å². The first-order valence-electron chi connectivity index (χ1n) is 5.02. The molecule has 1 unspecified atom stereocenters. The lowest BCUT2D eigenvalue weighted by Gasteiger charge is -2.18. The number of nitrogens with one attached hydrogen (secondary N) is 1. The minimum Gasteiger partial charge on any atom is -0.481 e. The average Bonchev–Trinajstić information content (AvgIpc) is 2.18. The van der Waals surface area contributed by atoms with Crippen LogP contribution >= 0.6 is 0 Å². The quantitative estimate of drug-likeness (QED) is 0.890. The fourth-order valence-corrected chi connectivity index (χ4v) is 1.42. The maximum atomic E-state index is 12.2. The molecule has 1 heterocycles. The van der Waals surface area contributed by atoms with Crippen LogP contribution in [0.4, 0.5) is 19.0 Å². The summed E-state index contributed by atoms with van der Waals surface area (Å²) in [5, 5.41) is 2.69. The molecule has 0 saturated carbocycles. The molecule has 0 aromatic carbocycles. The number of nitrogens with zero attached hydrogens (tertiary/aromatic N) is 2. The Kier molecular flexibility index (Phi) is 4.14. The van der Waals surface area contributed by atoms with Crippen LogP contribution in [0.3, 0.4) is 0 Å². The second kappa shape index (κ2) is 5.20. The van der Waals surface area contributed by atoms with Crippen molar-refractivity contribution in [2.24, 2.45) is 0 Å². The van der Waals surface area contributed by atoms with E-state index in [-0.39, 0.29) is 0 Å². The number of ether oxygens (including phenoxy) is 1. The van der Waals surface area contributed by atoms with Crippen LogP contribution in [0.15, 0.2) is 6.33 Å². The molecule has 0 aliphatic heterocycles. The summed E-state index contributed by atoms with van der Waals surface area (Å²) >= 11 is 0. The molecule has 4 nitrogen and oxygen atoms in total. The van der Waals surface area contributed by atoms with Gasteiger partial charge < -0.3 is 10.1 Å². The van der Waals surface area contributed by atoms with E-state index in [2.05, 4.69) is 15.3 Å². The van der Waals surface area contributed by atoms with Crippen molar-refractivity contribution in [3.05, 3.63) is 11.9 Å². The number of rotatable bonds is 4. The molecule has 1 aromatic heterocycles. The van der Waals surface area contributed by atoms with Crippen molar-refractivity contribution in [1.29, 1.82) is 0 Å². The first kappa shape index (κ1) is 13.5. The van der Waals surface area contributed by atoms with E-state index in [4.69, 9.17) is 4.74 Å². The molecule has 0 bridgehead atoms. The first-order chi connectivity index (χ1) is 7.83. The van der Waals surface area contributed by atoms with Crippen LogP contribution in [0.25, 0.3) is 0 Å². The predicted octanol–water partition coefficient (Wildman–Crippen LogP) is 2.55. The van der Waals surface area contributed by atoms with Crippen LogP contribution < -0.4 is 10.1 Å². The Hall–Kier alpha value is -1.53. The SMILES string of the molecule is COc1ncnc(NC(C)CC(F)(F)F)c1C. The van der Waals surface area contributed by atoms with E-state index in [0.29, 0.717) is 17.3 Å². The number of alkyl halides is 3. The molecule has 1 atom stereocenters. The Morgan fingerprint density at radius 1 is 1.41 bits per heavy atom. The molecule has 96 valence electrons. The monoisotopic (exact) mass is 249 g/mol. The summed E-state index contributed by atoms with van der Waals surface area (Å²) in [5.74, 6) is 0.704. The van der Waals surface area contributed by atoms with Crippen molar-refractivity contribution in [3.63, 3.8) is 0 Å². The van der Waals surface area contributed by atoms with Gasteiger partial charge in [0.15, 0.2) is 0 Å². The van der Waals surface area contributed by atoms with E-state index >= 15 is 0 Å². The molecule has 0 spiro atoms. The molecule has 0 saturated heterocycles. The van der Waals surface area contributed by atoms with Gasteiger partial charge in [-0.3, -0.25) is 0 Å². The van der Waals surface area contributed by atoms with E-state index in [1.165, 1.54) is 20.4 Å². The zero-order valence-corrected chi connectivity index (χ0v) is 9.80. The topological polar surface area (TPSA) is 47.0 Å². The van der Waals surface area contributed by atoms with Crippen molar-refractivity contribution in [2.45, 2.75) is 32.5 Å². The van der Waals surface area contributed by atoms with E-state index in [1.807, 2.05) is 0 Å². The van der Waals surface area contributed by atoms with Crippen LogP contribution in [-0.2, 0) is 0 Å². The molecule has 17 heavy (non-hydrogen) atoms. The number of hydrogen-bond acceptors (Lipinski definition) is 4. The summed E-state index contributed by atoms with van der Waals surface area (Å²) in [6.45, 7) is 3.13. The van der Waals surface area contributed by atoms with Crippen LogP contribution in [0.5, 0.6) is 5.88 Å². The van der Waals surface area contributed by atoms with Gasteiger partial charge in [0.1, 0.15) is 12.1 Å². The van der Waals surface area contributed by atoms with Gasteiger partial charge in [-0.25, -0.2) is 9.97 Å². The summed E-state index contributed by atoms with van der Waals surface area (Å²) in [4.78, 5) is 7.73. The largest absolute Gasteiger partial charge is 0.481 e. The minimum atomic E-state index is -4.20. The maximum Gasteiger partial charge on any atom is 0.391 e. The Morgan fingerprint density at radius 3 is 2.59 bits per heavy atom. The lowest BCUT2D eigenvalue weighted by atomic mass is 10.2. The van der Waals surface area contributed by atoms with Crippen molar-refractivity contribution >= 4 is 5.82 Å². The second-order valence-electron chi connectivity index (χ2n) is 3.72. The third kappa shape index (κ3) is 4.08. The van der Waals surface area contributed by atoms with E-state index < -0.39 is 18.6 Å².